The van der Waals surface area contributed by atoms with E-state index < -0.39 is 5.82 Å². The fraction of sp³-hybridized carbons (Fsp3) is 0.125. The van der Waals surface area contributed by atoms with Gasteiger partial charge in [0.2, 0.25) is 5.96 Å². The van der Waals surface area contributed by atoms with Crippen molar-refractivity contribution in [2.45, 2.75) is 6.92 Å². The summed E-state index contributed by atoms with van der Waals surface area (Å²) in [6, 6.07) is 4.74. The maximum Gasteiger partial charge on any atom is 0.218 e. The lowest BCUT2D eigenvalue weighted by atomic mass is 10.2. The molecular formula is C8H10FN3O. The van der Waals surface area contributed by atoms with Gasteiger partial charge in [-0.2, -0.15) is 0 Å². The summed E-state index contributed by atoms with van der Waals surface area (Å²) in [5, 5.41) is 8.33. The van der Waals surface area contributed by atoms with E-state index in [1.807, 2.05) is 0 Å². The molecular weight excluding hydrogens is 173 g/mol. The Morgan fingerprint density at radius 2 is 2.31 bits per heavy atom. The number of aliphatic imine (C=N–C) groups is 1. The van der Waals surface area contributed by atoms with Gasteiger partial charge in [-0.1, -0.05) is 12.1 Å². The van der Waals surface area contributed by atoms with Crippen molar-refractivity contribution in [3.8, 4) is 0 Å². The molecule has 4 N–H and O–H groups in total. The summed E-state index contributed by atoms with van der Waals surface area (Å²) >= 11 is 0. The number of nitrogens with one attached hydrogen (secondary N) is 1. The first-order valence-corrected chi connectivity index (χ1v) is 3.64. The number of hydrogen-bond acceptors (Lipinski definition) is 2. The van der Waals surface area contributed by atoms with Crippen molar-refractivity contribution in [3.05, 3.63) is 29.6 Å². The predicted molar refractivity (Wildman–Crippen MR) is 47.3 cm³/mol. The topological polar surface area (TPSA) is 70.6 Å². The molecule has 0 heterocycles. The Morgan fingerprint density at radius 1 is 1.62 bits per heavy atom. The van der Waals surface area contributed by atoms with Crippen molar-refractivity contribution < 1.29 is 9.60 Å². The molecule has 0 saturated heterocycles. The molecule has 0 fully saturated rings. The van der Waals surface area contributed by atoms with E-state index in [-0.39, 0.29) is 11.6 Å². The first-order valence-electron chi connectivity index (χ1n) is 3.64. The van der Waals surface area contributed by atoms with Crippen molar-refractivity contribution >= 4 is 11.6 Å². The van der Waals surface area contributed by atoms with Gasteiger partial charge in [-0.05, 0) is 18.6 Å². The molecule has 0 bridgehead atoms. The number of aryl methyl sites for hydroxylation is 1. The number of benzene rings is 1. The molecule has 4 nitrogen and oxygen atoms in total. The van der Waals surface area contributed by atoms with Crippen LogP contribution in [0.4, 0.5) is 10.1 Å². The van der Waals surface area contributed by atoms with Crippen LogP contribution in [-0.2, 0) is 0 Å². The van der Waals surface area contributed by atoms with Gasteiger partial charge in [0.15, 0.2) is 5.82 Å². The Kier molecular flexibility index (Phi) is 2.81. The summed E-state index contributed by atoms with van der Waals surface area (Å²) < 4.78 is 13.2. The lowest BCUT2D eigenvalue weighted by Crippen LogP contribution is -2.27. The van der Waals surface area contributed by atoms with Gasteiger partial charge in [-0.15, -0.1) is 0 Å². The molecule has 5 heteroatoms. The molecule has 0 aliphatic carbocycles. The van der Waals surface area contributed by atoms with E-state index in [0.29, 0.717) is 5.56 Å². The third-order valence-corrected chi connectivity index (χ3v) is 1.53. The lowest BCUT2D eigenvalue weighted by Gasteiger charge is -2.01. The molecule has 0 aliphatic heterocycles. The maximum absolute atomic E-state index is 13.2. The monoisotopic (exact) mass is 183 g/mol. The molecule has 0 amide bonds. The number of hydroxylamine groups is 1. The molecule has 1 rings (SSSR count). The van der Waals surface area contributed by atoms with Gasteiger partial charge in [0.05, 0.1) is 0 Å². The number of hydrogen-bond donors (Lipinski definition) is 3. The largest absolute Gasteiger partial charge is 0.368 e. The molecule has 0 radical (unpaired) electrons. The molecule has 0 unspecified atom stereocenters. The second-order valence-electron chi connectivity index (χ2n) is 2.52. The lowest BCUT2D eigenvalue weighted by molar-refractivity contribution is 0.233. The number of guanidine groups is 1. The Hall–Kier alpha value is -1.62. The van der Waals surface area contributed by atoms with E-state index in [9.17, 15) is 4.39 Å². The van der Waals surface area contributed by atoms with Gasteiger partial charge in [0, 0.05) is 0 Å². The number of rotatable bonds is 1. The second kappa shape index (κ2) is 3.86. The van der Waals surface area contributed by atoms with Crippen LogP contribution in [0.15, 0.2) is 23.2 Å². The second-order valence-corrected chi connectivity index (χ2v) is 2.52. The summed E-state index contributed by atoms with van der Waals surface area (Å²) in [6.45, 7) is 1.62. The van der Waals surface area contributed by atoms with E-state index in [2.05, 4.69) is 4.99 Å². The fourth-order valence-electron chi connectivity index (χ4n) is 0.873. The number of nitrogens with two attached hydrogens (primary N) is 1. The third-order valence-electron chi connectivity index (χ3n) is 1.53. The van der Waals surface area contributed by atoms with Crippen LogP contribution in [0.3, 0.4) is 0 Å². The summed E-state index contributed by atoms with van der Waals surface area (Å²) in [5.41, 5.74) is 7.34. The fourth-order valence-corrected chi connectivity index (χ4v) is 0.873. The maximum atomic E-state index is 13.2. The normalized spacial score (nSPS) is 11.5. The van der Waals surface area contributed by atoms with Gasteiger partial charge in [0.1, 0.15) is 5.69 Å². The summed E-state index contributed by atoms with van der Waals surface area (Å²) in [6.07, 6.45) is 0. The van der Waals surface area contributed by atoms with E-state index in [0.717, 1.165) is 0 Å². The predicted octanol–water partition coefficient (Wildman–Crippen LogP) is 1.06. The highest BCUT2D eigenvalue weighted by Gasteiger charge is 2.03. The molecule has 0 saturated carbocycles. The SMILES string of the molecule is Cc1cccc(N=C(N)NO)c1F. The minimum absolute atomic E-state index is 0.0963. The van der Waals surface area contributed by atoms with Crippen LogP contribution in [0.1, 0.15) is 5.56 Å². The molecule has 1 aromatic carbocycles. The zero-order valence-electron chi connectivity index (χ0n) is 7.08. The van der Waals surface area contributed by atoms with Gasteiger partial charge < -0.3 is 5.73 Å². The Balaban J connectivity index is 3.09. The molecule has 0 spiro atoms. The Labute approximate surface area is 74.9 Å². The first kappa shape index (κ1) is 9.47. The minimum Gasteiger partial charge on any atom is -0.368 e. The van der Waals surface area contributed by atoms with Gasteiger partial charge in [0.25, 0.3) is 0 Å². The van der Waals surface area contributed by atoms with E-state index in [4.69, 9.17) is 10.9 Å². The van der Waals surface area contributed by atoms with Crippen molar-refractivity contribution in [3.63, 3.8) is 0 Å². The van der Waals surface area contributed by atoms with Crippen LogP contribution >= 0.6 is 0 Å². The highest BCUT2D eigenvalue weighted by atomic mass is 19.1. The van der Waals surface area contributed by atoms with Crippen LogP contribution in [0, 0.1) is 12.7 Å². The standard InChI is InChI=1S/C8H10FN3O/c1-5-3-2-4-6(7(5)9)11-8(10)12-13/h2-4,13H,1H3,(H3,10,11,12). The number of halogens is 1. The van der Waals surface area contributed by atoms with Crippen LogP contribution in [0.25, 0.3) is 0 Å². The van der Waals surface area contributed by atoms with Crippen molar-refractivity contribution in [2.75, 3.05) is 0 Å². The molecule has 13 heavy (non-hydrogen) atoms. The first-order chi connectivity index (χ1) is 6.15. The summed E-state index contributed by atoms with van der Waals surface area (Å²) in [5.74, 6) is -0.690. The van der Waals surface area contributed by atoms with Crippen LogP contribution < -0.4 is 11.2 Å². The highest BCUT2D eigenvalue weighted by Crippen LogP contribution is 2.19. The molecule has 70 valence electrons. The average molecular weight is 183 g/mol. The van der Waals surface area contributed by atoms with Crippen LogP contribution in [0.5, 0.6) is 0 Å². The van der Waals surface area contributed by atoms with Crippen LogP contribution in [0.2, 0.25) is 0 Å². The smallest absolute Gasteiger partial charge is 0.218 e. The van der Waals surface area contributed by atoms with E-state index in [1.54, 1.807) is 24.5 Å². The highest BCUT2D eigenvalue weighted by molar-refractivity contribution is 5.79. The van der Waals surface area contributed by atoms with Gasteiger partial charge >= 0.3 is 0 Å². The molecule has 0 aromatic heterocycles. The van der Waals surface area contributed by atoms with Crippen molar-refractivity contribution in [2.24, 2.45) is 10.7 Å². The van der Waals surface area contributed by atoms with Crippen molar-refractivity contribution in [1.82, 2.24) is 5.48 Å². The van der Waals surface area contributed by atoms with Crippen molar-refractivity contribution in [1.29, 1.82) is 0 Å². The third kappa shape index (κ3) is 2.16. The minimum atomic E-state index is -0.444. The molecule has 1 aromatic rings. The van der Waals surface area contributed by atoms with E-state index in [1.165, 1.54) is 6.07 Å². The Morgan fingerprint density at radius 3 is 2.92 bits per heavy atom. The van der Waals surface area contributed by atoms with Crippen LogP contribution in [-0.4, -0.2) is 11.2 Å². The van der Waals surface area contributed by atoms with E-state index >= 15 is 0 Å². The average Bonchev–Trinajstić information content (AvgIpc) is 2.13. The number of nitrogens with zero attached hydrogens (tertiary/aromatic N) is 1. The summed E-state index contributed by atoms with van der Waals surface area (Å²) in [4.78, 5) is 3.60. The molecule has 0 atom stereocenters. The zero-order valence-corrected chi connectivity index (χ0v) is 7.08. The molecule has 0 aliphatic rings. The summed E-state index contributed by atoms with van der Waals surface area (Å²) in [7, 11) is 0. The quantitative estimate of drug-likeness (QED) is 0.346. The van der Waals surface area contributed by atoms with Gasteiger partial charge in [-0.3, -0.25) is 5.21 Å². The van der Waals surface area contributed by atoms with Gasteiger partial charge in [-0.25, -0.2) is 14.9 Å². The zero-order chi connectivity index (χ0) is 9.84. The Bertz CT molecular complexity index is 338.